The first-order valence-electron chi connectivity index (χ1n) is 6.72. The zero-order valence-corrected chi connectivity index (χ0v) is 12.8. The maximum Gasteiger partial charge on any atom is 0.0466 e. The summed E-state index contributed by atoms with van der Waals surface area (Å²) in [7, 11) is 0. The third-order valence-electron chi connectivity index (χ3n) is 3.10. The molecule has 0 aromatic carbocycles. The Bertz CT molecular complexity index is 289. The molecule has 0 aliphatic heterocycles. The Balaban J connectivity index is 4.49. The molecular formula is C15H27NS. The van der Waals surface area contributed by atoms with E-state index in [1.54, 1.807) is 0 Å². The molecule has 1 atom stereocenters. The van der Waals surface area contributed by atoms with Crippen molar-refractivity contribution in [2.45, 2.75) is 53.9 Å². The van der Waals surface area contributed by atoms with E-state index in [2.05, 4.69) is 52.1 Å². The van der Waals surface area contributed by atoms with Gasteiger partial charge in [-0.1, -0.05) is 52.1 Å². The molecule has 0 aromatic rings. The Labute approximate surface area is 112 Å². The van der Waals surface area contributed by atoms with Crippen LogP contribution in [0.5, 0.6) is 0 Å². The molecule has 0 saturated carbocycles. The van der Waals surface area contributed by atoms with Crippen LogP contribution < -0.4 is 5.32 Å². The monoisotopic (exact) mass is 253 g/mol. The average molecular weight is 253 g/mol. The molecule has 1 unspecified atom stereocenters. The lowest BCUT2D eigenvalue weighted by molar-refractivity contribution is 0.729. The summed E-state index contributed by atoms with van der Waals surface area (Å²) in [6.45, 7) is 11.6. The van der Waals surface area contributed by atoms with E-state index in [9.17, 15) is 0 Å². The second-order valence-electron chi connectivity index (χ2n) is 4.32. The molecule has 0 aliphatic rings. The van der Waals surface area contributed by atoms with E-state index in [4.69, 9.17) is 12.2 Å². The molecule has 0 rings (SSSR count). The highest BCUT2D eigenvalue weighted by Gasteiger charge is 2.07. The Hall–Kier alpha value is -0.630. The van der Waals surface area contributed by atoms with E-state index in [1.165, 1.54) is 11.3 Å². The van der Waals surface area contributed by atoms with Crippen molar-refractivity contribution in [2.24, 2.45) is 5.92 Å². The second-order valence-corrected chi connectivity index (χ2v) is 4.85. The number of allylic oxidation sites excluding steroid dienone is 3. The van der Waals surface area contributed by atoms with Crippen LogP contribution in [0.3, 0.4) is 0 Å². The van der Waals surface area contributed by atoms with Crippen molar-refractivity contribution in [3.63, 3.8) is 0 Å². The maximum atomic E-state index is 5.43. The standard InChI is InChI=1S/C15H27NS/c1-6-10-14(13(8-3)9-4)16-11-15(17)12(5)7-2/h8,10,12,16H,6-7,9,11H2,1-5H3/b13-8-,14-10+. The van der Waals surface area contributed by atoms with Crippen LogP contribution in [0.4, 0.5) is 0 Å². The van der Waals surface area contributed by atoms with Crippen LogP contribution in [0.15, 0.2) is 23.4 Å². The molecular weight excluding hydrogens is 226 g/mol. The van der Waals surface area contributed by atoms with E-state index < -0.39 is 0 Å². The summed E-state index contributed by atoms with van der Waals surface area (Å²) in [5.41, 5.74) is 2.63. The van der Waals surface area contributed by atoms with Gasteiger partial charge in [-0.2, -0.15) is 0 Å². The largest absolute Gasteiger partial charge is 0.380 e. The van der Waals surface area contributed by atoms with Gasteiger partial charge in [0.1, 0.15) is 0 Å². The predicted molar refractivity (Wildman–Crippen MR) is 82.5 cm³/mol. The summed E-state index contributed by atoms with van der Waals surface area (Å²) in [6.07, 6.45) is 7.66. The van der Waals surface area contributed by atoms with Crippen LogP contribution in [0.25, 0.3) is 0 Å². The zero-order chi connectivity index (χ0) is 13.3. The average Bonchev–Trinajstić information content (AvgIpc) is 2.35. The van der Waals surface area contributed by atoms with E-state index in [-0.39, 0.29) is 0 Å². The zero-order valence-electron chi connectivity index (χ0n) is 12.0. The molecule has 0 aliphatic carbocycles. The molecule has 0 saturated heterocycles. The number of rotatable bonds is 8. The minimum Gasteiger partial charge on any atom is -0.380 e. The number of hydrogen-bond acceptors (Lipinski definition) is 2. The minimum atomic E-state index is 0.524. The van der Waals surface area contributed by atoms with Crippen molar-refractivity contribution >= 4 is 17.1 Å². The van der Waals surface area contributed by atoms with Crippen LogP contribution in [-0.4, -0.2) is 11.4 Å². The molecule has 0 amide bonds. The van der Waals surface area contributed by atoms with Crippen molar-refractivity contribution < 1.29 is 0 Å². The molecule has 1 N–H and O–H groups in total. The second kappa shape index (κ2) is 9.41. The van der Waals surface area contributed by atoms with Gasteiger partial charge in [0, 0.05) is 17.1 Å². The topological polar surface area (TPSA) is 12.0 Å². The van der Waals surface area contributed by atoms with Crippen molar-refractivity contribution in [1.29, 1.82) is 0 Å². The fraction of sp³-hybridized carbons (Fsp3) is 0.667. The third-order valence-corrected chi connectivity index (χ3v) is 3.65. The smallest absolute Gasteiger partial charge is 0.0466 e. The van der Waals surface area contributed by atoms with Gasteiger partial charge in [0.05, 0.1) is 0 Å². The molecule has 17 heavy (non-hydrogen) atoms. The van der Waals surface area contributed by atoms with E-state index in [0.29, 0.717) is 5.92 Å². The Morgan fingerprint density at radius 3 is 2.35 bits per heavy atom. The number of thiocarbonyl (C=S) groups is 1. The molecule has 1 nitrogen and oxygen atoms in total. The number of nitrogens with one attached hydrogen (secondary N) is 1. The molecule has 0 fully saturated rings. The normalized spacial score (nSPS) is 14.6. The van der Waals surface area contributed by atoms with Crippen LogP contribution in [0, 0.1) is 5.92 Å². The van der Waals surface area contributed by atoms with Gasteiger partial charge in [0.25, 0.3) is 0 Å². The first kappa shape index (κ1) is 16.4. The summed E-state index contributed by atoms with van der Waals surface area (Å²) in [5.74, 6) is 0.524. The van der Waals surface area contributed by atoms with Gasteiger partial charge in [-0.3, -0.25) is 0 Å². The van der Waals surface area contributed by atoms with E-state index in [0.717, 1.165) is 30.7 Å². The van der Waals surface area contributed by atoms with Gasteiger partial charge in [0.15, 0.2) is 0 Å². The van der Waals surface area contributed by atoms with E-state index in [1.807, 2.05) is 0 Å². The third kappa shape index (κ3) is 6.02. The number of hydrogen-bond donors (Lipinski definition) is 1. The molecule has 0 bridgehead atoms. The fourth-order valence-electron chi connectivity index (χ4n) is 1.66. The lowest BCUT2D eigenvalue weighted by Crippen LogP contribution is -2.26. The summed E-state index contributed by atoms with van der Waals surface area (Å²) in [5, 5.41) is 3.49. The Morgan fingerprint density at radius 2 is 1.94 bits per heavy atom. The summed E-state index contributed by atoms with van der Waals surface area (Å²) < 4.78 is 0. The van der Waals surface area contributed by atoms with Crippen LogP contribution in [0.1, 0.15) is 53.9 Å². The first-order chi connectivity index (χ1) is 8.10. The van der Waals surface area contributed by atoms with Crippen molar-refractivity contribution in [3.8, 4) is 0 Å². The van der Waals surface area contributed by atoms with Gasteiger partial charge in [0.2, 0.25) is 0 Å². The molecule has 0 heterocycles. The summed E-state index contributed by atoms with van der Waals surface area (Å²) >= 11 is 5.43. The Morgan fingerprint density at radius 1 is 1.29 bits per heavy atom. The Kier molecular flexibility index (Phi) is 9.06. The molecule has 2 heteroatoms. The van der Waals surface area contributed by atoms with Gasteiger partial charge in [-0.25, -0.2) is 0 Å². The lowest BCUT2D eigenvalue weighted by Gasteiger charge is -2.16. The van der Waals surface area contributed by atoms with Crippen LogP contribution >= 0.6 is 12.2 Å². The van der Waals surface area contributed by atoms with Crippen molar-refractivity contribution in [2.75, 3.05) is 6.54 Å². The highest BCUT2D eigenvalue weighted by atomic mass is 32.1. The molecule has 0 radical (unpaired) electrons. The van der Waals surface area contributed by atoms with Gasteiger partial charge in [-0.15, -0.1) is 0 Å². The van der Waals surface area contributed by atoms with Crippen LogP contribution in [0.2, 0.25) is 0 Å². The van der Waals surface area contributed by atoms with Crippen LogP contribution in [-0.2, 0) is 0 Å². The first-order valence-corrected chi connectivity index (χ1v) is 7.13. The molecule has 0 aromatic heterocycles. The fourth-order valence-corrected chi connectivity index (χ4v) is 1.89. The molecule has 0 spiro atoms. The minimum absolute atomic E-state index is 0.524. The van der Waals surface area contributed by atoms with Gasteiger partial charge < -0.3 is 5.32 Å². The SMILES string of the molecule is C/C=C(CC)\C(=C/CC)NCC(=S)C(C)CC. The van der Waals surface area contributed by atoms with E-state index >= 15 is 0 Å². The van der Waals surface area contributed by atoms with Gasteiger partial charge >= 0.3 is 0 Å². The van der Waals surface area contributed by atoms with Gasteiger partial charge in [-0.05, 0) is 37.7 Å². The quantitative estimate of drug-likeness (QED) is 0.499. The summed E-state index contributed by atoms with van der Waals surface area (Å²) in [6, 6.07) is 0. The maximum absolute atomic E-state index is 5.43. The van der Waals surface area contributed by atoms with Crippen molar-refractivity contribution in [3.05, 3.63) is 23.4 Å². The lowest BCUT2D eigenvalue weighted by atomic mass is 10.0. The predicted octanol–water partition coefficient (Wildman–Crippen LogP) is 4.64. The highest BCUT2D eigenvalue weighted by molar-refractivity contribution is 7.80. The van der Waals surface area contributed by atoms with Crippen molar-refractivity contribution in [1.82, 2.24) is 5.32 Å². The summed E-state index contributed by atoms with van der Waals surface area (Å²) in [4.78, 5) is 1.13. The molecule has 98 valence electrons. The highest BCUT2D eigenvalue weighted by Crippen LogP contribution is 2.12.